The van der Waals surface area contributed by atoms with E-state index in [2.05, 4.69) is 10.6 Å². The van der Waals surface area contributed by atoms with Crippen LogP contribution in [0.2, 0.25) is 0 Å². The molecule has 1 heterocycles. The molecule has 0 spiro atoms. The van der Waals surface area contributed by atoms with Crippen LogP contribution < -0.4 is 20.1 Å². The molecule has 2 aromatic rings. The first kappa shape index (κ1) is 16.8. The Balaban J connectivity index is 1.47. The summed E-state index contributed by atoms with van der Waals surface area (Å²) in [5.41, 5.74) is 1.55. The summed E-state index contributed by atoms with van der Waals surface area (Å²) in [5, 5.41) is 5.50. The molecule has 1 aliphatic rings. The molecule has 2 N–H and O–H groups in total. The van der Waals surface area contributed by atoms with Crippen LogP contribution in [0.3, 0.4) is 0 Å². The zero-order valence-corrected chi connectivity index (χ0v) is 14.0. The third-order valence-corrected chi connectivity index (χ3v) is 4.01. The van der Waals surface area contributed by atoms with E-state index in [9.17, 15) is 9.59 Å². The molecule has 0 saturated heterocycles. The van der Waals surface area contributed by atoms with Crippen LogP contribution in [0.15, 0.2) is 48.5 Å². The minimum Gasteiger partial charge on any atom is -0.497 e. The van der Waals surface area contributed by atoms with Gasteiger partial charge in [0, 0.05) is 5.56 Å². The normalized spacial score (nSPS) is 15.5. The first-order valence-corrected chi connectivity index (χ1v) is 8.08. The van der Waals surface area contributed by atoms with Crippen molar-refractivity contribution in [3.63, 3.8) is 0 Å². The van der Waals surface area contributed by atoms with Gasteiger partial charge in [-0.15, -0.1) is 0 Å². The Kier molecular flexibility index (Phi) is 5.18. The molecule has 25 heavy (non-hydrogen) atoms. The second-order valence-corrected chi connectivity index (χ2v) is 5.80. The highest BCUT2D eigenvalue weighted by atomic mass is 16.5. The minimum absolute atomic E-state index is 0.0803. The number of fused-ring (bicyclic) bond motifs is 1. The predicted octanol–water partition coefficient (Wildman–Crippen LogP) is 1.54. The largest absolute Gasteiger partial charge is 0.497 e. The fourth-order valence-corrected chi connectivity index (χ4v) is 2.70. The number of ether oxygens (including phenoxy) is 2. The molecule has 6 heteroatoms. The van der Waals surface area contributed by atoms with Gasteiger partial charge in [-0.2, -0.15) is 0 Å². The van der Waals surface area contributed by atoms with Gasteiger partial charge in [0.1, 0.15) is 18.1 Å². The Morgan fingerprint density at radius 1 is 1.16 bits per heavy atom. The molecule has 2 amide bonds. The van der Waals surface area contributed by atoms with Gasteiger partial charge in [0.2, 0.25) is 5.91 Å². The Labute approximate surface area is 146 Å². The van der Waals surface area contributed by atoms with Crippen molar-refractivity contribution in [1.29, 1.82) is 0 Å². The van der Waals surface area contributed by atoms with Crippen LogP contribution in [0.5, 0.6) is 11.5 Å². The zero-order chi connectivity index (χ0) is 17.6. The molecular weight excluding hydrogens is 320 g/mol. The lowest BCUT2D eigenvalue weighted by molar-refractivity contribution is -0.121. The molecule has 1 aliphatic heterocycles. The number of hydrogen-bond donors (Lipinski definition) is 2. The summed E-state index contributed by atoms with van der Waals surface area (Å²) < 4.78 is 10.7. The highest BCUT2D eigenvalue weighted by Crippen LogP contribution is 2.23. The maximum atomic E-state index is 12.1. The molecule has 0 radical (unpaired) electrons. The third-order valence-electron chi connectivity index (χ3n) is 4.01. The maximum absolute atomic E-state index is 12.1. The first-order valence-electron chi connectivity index (χ1n) is 8.08. The average molecular weight is 340 g/mol. The van der Waals surface area contributed by atoms with Gasteiger partial charge in [-0.25, -0.2) is 0 Å². The van der Waals surface area contributed by atoms with Crippen LogP contribution >= 0.6 is 0 Å². The van der Waals surface area contributed by atoms with Crippen LogP contribution in [0.4, 0.5) is 0 Å². The van der Waals surface area contributed by atoms with Gasteiger partial charge in [-0.3, -0.25) is 9.59 Å². The summed E-state index contributed by atoms with van der Waals surface area (Å²) in [6.45, 7) is 0.345. The predicted molar refractivity (Wildman–Crippen MR) is 92.9 cm³/mol. The van der Waals surface area contributed by atoms with Crippen molar-refractivity contribution in [1.82, 2.24) is 10.6 Å². The van der Waals surface area contributed by atoms with Crippen molar-refractivity contribution in [2.75, 3.05) is 20.3 Å². The molecule has 6 nitrogen and oxygen atoms in total. The van der Waals surface area contributed by atoms with Gasteiger partial charge in [-0.1, -0.05) is 18.2 Å². The van der Waals surface area contributed by atoms with E-state index in [-0.39, 0.29) is 24.4 Å². The molecule has 0 aliphatic carbocycles. The van der Waals surface area contributed by atoms with Gasteiger partial charge in [0.05, 0.1) is 19.7 Å². The van der Waals surface area contributed by atoms with Crippen LogP contribution in [0.1, 0.15) is 15.9 Å². The smallest absolute Gasteiger partial charge is 0.251 e. The fourth-order valence-electron chi connectivity index (χ4n) is 2.70. The number of nitrogens with one attached hydrogen (secondary N) is 2. The van der Waals surface area contributed by atoms with Crippen molar-refractivity contribution in [3.8, 4) is 11.5 Å². The van der Waals surface area contributed by atoms with E-state index in [1.54, 1.807) is 31.4 Å². The van der Waals surface area contributed by atoms with E-state index < -0.39 is 0 Å². The van der Waals surface area contributed by atoms with Crippen molar-refractivity contribution < 1.29 is 19.1 Å². The highest BCUT2D eigenvalue weighted by molar-refractivity contribution is 5.96. The molecule has 0 aromatic heterocycles. The highest BCUT2D eigenvalue weighted by Gasteiger charge is 2.21. The second kappa shape index (κ2) is 7.70. The topological polar surface area (TPSA) is 76.7 Å². The lowest BCUT2D eigenvalue weighted by Crippen LogP contribution is -2.46. The number of carbonyl (C=O) groups excluding carboxylic acids is 2. The summed E-state index contributed by atoms with van der Waals surface area (Å²) in [6, 6.07) is 14.4. The number of methoxy groups -OCH3 is 1. The molecule has 1 atom stereocenters. The van der Waals surface area contributed by atoms with E-state index in [0.29, 0.717) is 24.3 Å². The van der Waals surface area contributed by atoms with E-state index in [0.717, 1.165) is 11.3 Å². The van der Waals surface area contributed by atoms with E-state index in [1.807, 2.05) is 24.3 Å². The quantitative estimate of drug-likeness (QED) is 0.866. The van der Waals surface area contributed by atoms with Gasteiger partial charge in [0.15, 0.2) is 0 Å². The SMILES string of the molecule is COc1ccc(C(=O)NCC(=O)N[C@@H]2COc3ccccc3C2)cc1. The molecule has 3 rings (SSSR count). The van der Waals surface area contributed by atoms with Crippen molar-refractivity contribution in [2.24, 2.45) is 0 Å². The van der Waals surface area contributed by atoms with E-state index in [1.165, 1.54) is 0 Å². The third kappa shape index (κ3) is 4.29. The molecule has 0 fully saturated rings. The second-order valence-electron chi connectivity index (χ2n) is 5.80. The van der Waals surface area contributed by atoms with E-state index >= 15 is 0 Å². The van der Waals surface area contributed by atoms with Crippen molar-refractivity contribution in [2.45, 2.75) is 12.5 Å². The number of para-hydroxylation sites is 1. The summed E-state index contributed by atoms with van der Waals surface area (Å²) in [4.78, 5) is 24.1. The average Bonchev–Trinajstić information content (AvgIpc) is 2.66. The monoisotopic (exact) mass is 340 g/mol. The molecule has 0 bridgehead atoms. The van der Waals surface area contributed by atoms with Crippen LogP contribution in [-0.2, 0) is 11.2 Å². The summed E-state index contributed by atoms with van der Waals surface area (Å²) >= 11 is 0. The lowest BCUT2D eigenvalue weighted by atomic mass is 10.0. The number of rotatable bonds is 5. The van der Waals surface area contributed by atoms with Crippen molar-refractivity contribution >= 4 is 11.8 Å². The Bertz CT molecular complexity index is 758. The lowest BCUT2D eigenvalue weighted by Gasteiger charge is -2.26. The minimum atomic E-state index is -0.303. The van der Waals surface area contributed by atoms with Crippen LogP contribution in [0, 0.1) is 0 Å². The Morgan fingerprint density at radius 3 is 2.68 bits per heavy atom. The zero-order valence-electron chi connectivity index (χ0n) is 14.0. The summed E-state index contributed by atoms with van der Waals surface area (Å²) in [5.74, 6) is 0.991. The Hall–Kier alpha value is -3.02. The molecule has 0 unspecified atom stereocenters. The van der Waals surface area contributed by atoms with Gasteiger partial charge >= 0.3 is 0 Å². The molecular formula is C19H20N2O4. The number of benzene rings is 2. The molecule has 130 valence electrons. The Morgan fingerprint density at radius 2 is 1.92 bits per heavy atom. The van der Waals surface area contributed by atoms with Gasteiger partial charge in [-0.05, 0) is 42.3 Å². The number of carbonyl (C=O) groups is 2. The summed E-state index contributed by atoms with van der Waals surface area (Å²) in [6.07, 6.45) is 0.717. The van der Waals surface area contributed by atoms with Crippen LogP contribution in [0.25, 0.3) is 0 Å². The maximum Gasteiger partial charge on any atom is 0.251 e. The standard InChI is InChI=1S/C19H20N2O4/c1-24-16-8-6-13(7-9-16)19(23)20-11-18(22)21-15-10-14-4-2-3-5-17(14)25-12-15/h2-9,15H,10-12H2,1H3,(H,20,23)(H,21,22)/t15-/m0/s1. The van der Waals surface area contributed by atoms with Gasteiger partial charge in [0.25, 0.3) is 5.91 Å². The number of amides is 2. The van der Waals surface area contributed by atoms with E-state index in [4.69, 9.17) is 9.47 Å². The van der Waals surface area contributed by atoms with Crippen molar-refractivity contribution in [3.05, 3.63) is 59.7 Å². The van der Waals surface area contributed by atoms with Gasteiger partial charge < -0.3 is 20.1 Å². The molecule has 2 aromatic carbocycles. The fraction of sp³-hybridized carbons (Fsp3) is 0.263. The summed E-state index contributed by atoms with van der Waals surface area (Å²) in [7, 11) is 1.56. The van der Waals surface area contributed by atoms with Crippen LogP contribution in [-0.4, -0.2) is 38.1 Å². The first-order chi connectivity index (χ1) is 12.2. The number of hydrogen-bond acceptors (Lipinski definition) is 4. The molecule has 0 saturated carbocycles.